The fraction of sp³-hybridized carbons (Fsp3) is 0.696. The van der Waals surface area contributed by atoms with Crippen LogP contribution in [0, 0.1) is 11.6 Å². The van der Waals surface area contributed by atoms with Crippen LogP contribution in [-0.2, 0) is 9.47 Å². The molecule has 32 heavy (non-hydrogen) atoms. The van der Waals surface area contributed by atoms with Crippen molar-refractivity contribution in [3.05, 3.63) is 35.4 Å². The highest BCUT2D eigenvalue weighted by Crippen LogP contribution is 2.28. The predicted octanol–water partition coefficient (Wildman–Crippen LogP) is 4.06. The number of guanidine groups is 1. The number of aliphatic imine (C=N–C) groups is 1. The molecule has 1 saturated heterocycles. The first kappa shape index (κ1) is 29.0. The molecule has 0 aliphatic carbocycles. The molecular formula is C23H39F2IN4O2. The Hall–Kier alpha value is -1.04. The van der Waals surface area contributed by atoms with E-state index in [-0.39, 0.29) is 30.0 Å². The number of hydrogen-bond acceptors (Lipinski definition) is 4. The minimum atomic E-state index is -0.533. The number of methoxy groups -OCH3 is 1. The van der Waals surface area contributed by atoms with E-state index in [2.05, 4.69) is 22.0 Å². The molecule has 0 amide bonds. The van der Waals surface area contributed by atoms with Gasteiger partial charge in [0.05, 0.1) is 13.2 Å². The summed E-state index contributed by atoms with van der Waals surface area (Å²) in [5, 5.41) is 3.38. The fourth-order valence-electron chi connectivity index (χ4n) is 3.86. The highest BCUT2D eigenvalue weighted by atomic mass is 127. The summed E-state index contributed by atoms with van der Waals surface area (Å²) >= 11 is 0. The topological polar surface area (TPSA) is 49.3 Å². The molecule has 1 atom stereocenters. The molecular weight excluding hydrogens is 529 g/mol. The third-order valence-corrected chi connectivity index (χ3v) is 5.49. The van der Waals surface area contributed by atoms with Gasteiger partial charge in [-0.25, -0.2) is 8.78 Å². The summed E-state index contributed by atoms with van der Waals surface area (Å²) in [6, 6.07) is 3.86. The second kappa shape index (κ2) is 16.6. The van der Waals surface area contributed by atoms with Crippen LogP contribution in [0.3, 0.4) is 0 Å². The number of rotatable bonds is 12. The molecule has 1 heterocycles. The van der Waals surface area contributed by atoms with Crippen LogP contribution in [0.15, 0.2) is 23.2 Å². The van der Waals surface area contributed by atoms with Gasteiger partial charge in [0.25, 0.3) is 0 Å². The molecule has 1 aromatic carbocycles. The summed E-state index contributed by atoms with van der Waals surface area (Å²) in [6.45, 7) is 11.0. The summed E-state index contributed by atoms with van der Waals surface area (Å²) in [4.78, 5) is 9.33. The Morgan fingerprint density at radius 3 is 2.47 bits per heavy atom. The van der Waals surface area contributed by atoms with E-state index in [1.165, 1.54) is 6.07 Å². The Morgan fingerprint density at radius 2 is 1.84 bits per heavy atom. The van der Waals surface area contributed by atoms with Gasteiger partial charge in [0.15, 0.2) is 5.96 Å². The van der Waals surface area contributed by atoms with Crippen molar-refractivity contribution in [1.29, 1.82) is 0 Å². The lowest BCUT2D eigenvalue weighted by atomic mass is 10.0. The van der Waals surface area contributed by atoms with Crippen LogP contribution in [0.25, 0.3) is 0 Å². The fourth-order valence-corrected chi connectivity index (χ4v) is 3.86. The van der Waals surface area contributed by atoms with E-state index in [0.717, 1.165) is 77.2 Å². The summed E-state index contributed by atoms with van der Waals surface area (Å²) in [5.74, 6) is -0.0622. The second-order valence-corrected chi connectivity index (χ2v) is 7.66. The van der Waals surface area contributed by atoms with Crippen LogP contribution >= 0.6 is 24.0 Å². The zero-order chi connectivity index (χ0) is 22.5. The van der Waals surface area contributed by atoms with Gasteiger partial charge in [0.1, 0.15) is 11.6 Å². The van der Waals surface area contributed by atoms with Gasteiger partial charge in [-0.3, -0.25) is 9.89 Å². The average Bonchev–Trinajstić information content (AvgIpc) is 2.77. The smallest absolute Gasteiger partial charge is 0.194 e. The predicted molar refractivity (Wildman–Crippen MR) is 136 cm³/mol. The van der Waals surface area contributed by atoms with Crippen molar-refractivity contribution in [3.8, 4) is 0 Å². The molecule has 0 radical (unpaired) electrons. The summed E-state index contributed by atoms with van der Waals surface area (Å²) in [7, 11) is 1.67. The van der Waals surface area contributed by atoms with Crippen molar-refractivity contribution in [2.24, 2.45) is 4.99 Å². The number of nitrogens with one attached hydrogen (secondary N) is 1. The van der Waals surface area contributed by atoms with E-state index >= 15 is 0 Å². The van der Waals surface area contributed by atoms with Crippen LogP contribution in [0.2, 0.25) is 0 Å². The number of benzene rings is 1. The maximum atomic E-state index is 14.3. The van der Waals surface area contributed by atoms with Crippen molar-refractivity contribution >= 4 is 29.9 Å². The van der Waals surface area contributed by atoms with E-state index in [9.17, 15) is 8.78 Å². The number of piperazine rings is 1. The summed E-state index contributed by atoms with van der Waals surface area (Å²) < 4.78 is 38.1. The van der Waals surface area contributed by atoms with Crippen LogP contribution < -0.4 is 5.32 Å². The Morgan fingerprint density at radius 1 is 1.09 bits per heavy atom. The van der Waals surface area contributed by atoms with Crippen LogP contribution in [0.1, 0.15) is 44.7 Å². The molecule has 2 rings (SSSR count). The van der Waals surface area contributed by atoms with Gasteiger partial charge < -0.3 is 19.7 Å². The lowest BCUT2D eigenvalue weighted by Crippen LogP contribution is -2.53. The second-order valence-electron chi connectivity index (χ2n) is 7.66. The molecule has 1 fully saturated rings. The first-order valence-electron chi connectivity index (χ1n) is 11.4. The highest BCUT2D eigenvalue weighted by molar-refractivity contribution is 14.0. The lowest BCUT2D eigenvalue weighted by Gasteiger charge is -2.40. The molecule has 184 valence electrons. The van der Waals surface area contributed by atoms with Crippen LogP contribution in [0.5, 0.6) is 0 Å². The number of nitrogens with zero attached hydrogens (tertiary/aromatic N) is 3. The third-order valence-electron chi connectivity index (χ3n) is 5.49. The van der Waals surface area contributed by atoms with Crippen molar-refractivity contribution in [2.75, 3.05) is 66.2 Å². The molecule has 9 heteroatoms. The molecule has 1 aliphatic rings. The SMILES string of the molecule is CCNC(=NCCCCOCCOC)N1CCN(C(CC)c2ccc(F)cc2F)CC1.I. The van der Waals surface area contributed by atoms with E-state index < -0.39 is 11.6 Å². The monoisotopic (exact) mass is 568 g/mol. The normalized spacial score (nSPS) is 16.0. The van der Waals surface area contributed by atoms with Crippen molar-refractivity contribution in [1.82, 2.24) is 15.1 Å². The third kappa shape index (κ3) is 9.44. The first-order valence-corrected chi connectivity index (χ1v) is 11.4. The van der Waals surface area contributed by atoms with Crippen LogP contribution in [-0.4, -0.2) is 82.0 Å². The Labute approximate surface area is 208 Å². The van der Waals surface area contributed by atoms with Gasteiger partial charge in [-0.15, -0.1) is 24.0 Å². The molecule has 0 bridgehead atoms. The number of hydrogen-bond donors (Lipinski definition) is 1. The van der Waals surface area contributed by atoms with Gasteiger partial charge in [-0.1, -0.05) is 13.0 Å². The van der Waals surface area contributed by atoms with Crippen molar-refractivity contribution < 1.29 is 18.3 Å². The largest absolute Gasteiger partial charge is 0.382 e. The lowest BCUT2D eigenvalue weighted by molar-refractivity contribution is 0.0690. The van der Waals surface area contributed by atoms with Gasteiger partial charge in [0, 0.05) is 70.7 Å². The summed E-state index contributed by atoms with van der Waals surface area (Å²) in [5.41, 5.74) is 0.575. The van der Waals surface area contributed by atoms with Crippen molar-refractivity contribution in [2.45, 2.75) is 39.2 Å². The zero-order valence-electron chi connectivity index (χ0n) is 19.6. The molecule has 6 nitrogen and oxygen atoms in total. The van der Waals surface area contributed by atoms with Gasteiger partial charge in [-0.05, 0) is 32.3 Å². The highest BCUT2D eigenvalue weighted by Gasteiger charge is 2.27. The molecule has 0 spiro atoms. The Balaban J connectivity index is 0.00000512. The molecule has 1 N–H and O–H groups in total. The molecule has 1 aromatic rings. The zero-order valence-corrected chi connectivity index (χ0v) is 21.9. The van der Waals surface area contributed by atoms with E-state index in [1.807, 2.05) is 6.92 Å². The Bertz CT molecular complexity index is 673. The molecule has 0 aromatic heterocycles. The molecule has 1 unspecified atom stereocenters. The minimum absolute atomic E-state index is 0. The van der Waals surface area contributed by atoms with Crippen LogP contribution in [0.4, 0.5) is 8.78 Å². The van der Waals surface area contributed by atoms with E-state index in [1.54, 1.807) is 13.2 Å². The maximum Gasteiger partial charge on any atom is 0.194 e. The molecule has 1 aliphatic heterocycles. The molecule has 0 saturated carbocycles. The standard InChI is InChI=1S/C23H38F2N4O2.HI/c1-4-22(20-9-8-19(24)18-21(20)25)28-11-13-29(14-12-28)23(26-5-2)27-10-6-7-15-31-17-16-30-3;/h8-9,18,22H,4-7,10-17H2,1-3H3,(H,26,27);1H. The minimum Gasteiger partial charge on any atom is -0.382 e. The van der Waals surface area contributed by atoms with E-state index in [4.69, 9.17) is 14.5 Å². The van der Waals surface area contributed by atoms with Gasteiger partial charge in [-0.2, -0.15) is 0 Å². The van der Waals surface area contributed by atoms with Gasteiger partial charge >= 0.3 is 0 Å². The van der Waals surface area contributed by atoms with Crippen molar-refractivity contribution in [3.63, 3.8) is 0 Å². The quantitative estimate of drug-likeness (QED) is 0.179. The number of halogens is 3. The average molecular weight is 568 g/mol. The number of unbranched alkanes of at least 4 members (excludes halogenated alkanes) is 1. The van der Waals surface area contributed by atoms with Gasteiger partial charge in [0.2, 0.25) is 0 Å². The summed E-state index contributed by atoms with van der Waals surface area (Å²) in [6.07, 6.45) is 2.73. The van der Waals surface area contributed by atoms with E-state index in [0.29, 0.717) is 18.8 Å². The first-order chi connectivity index (χ1) is 15.1. The maximum absolute atomic E-state index is 14.3. The Kier molecular flexibility index (Phi) is 15.0. The number of ether oxygens (including phenoxy) is 2.